The molecule has 7 nitrogen and oxygen atoms in total. The molecule has 0 saturated heterocycles. The zero-order valence-electron chi connectivity index (χ0n) is 14.5. The van der Waals surface area contributed by atoms with Crippen LogP contribution in [0.5, 0.6) is 5.75 Å². The van der Waals surface area contributed by atoms with Crippen molar-refractivity contribution in [3.63, 3.8) is 0 Å². The lowest BCUT2D eigenvalue weighted by molar-refractivity contribution is 0.0701. The van der Waals surface area contributed by atoms with Crippen molar-refractivity contribution in [2.24, 2.45) is 0 Å². The maximum Gasteiger partial charge on any atom is 0.293 e. The molecule has 2 heterocycles. The van der Waals surface area contributed by atoms with Crippen molar-refractivity contribution in [1.82, 2.24) is 20.1 Å². The van der Waals surface area contributed by atoms with Gasteiger partial charge in [0.1, 0.15) is 11.4 Å². The zero-order valence-corrected chi connectivity index (χ0v) is 14.5. The molecule has 0 atom stereocenters. The van der Waals surface area contributed by atoms with E-state index in [0.717, 1.165) is 16.9 Å². The molecule has 0 fully saturated rings. The second-order valence-electron chi connectivity index (χ2n) is 5.86. The maximum absolute atomic E-state index is 11.9. The number of benzene rings is 2. The fraction of sp³-hybridized carbons (Fsp3) is 0.0500. The molecule has 1 amide bonds. The topological polar surface area (TPSA) is 88.8 Å². The number of ether oxygens (including phenoxy) is 1. The second-order valence-corrected chi connectivity index (χ2v) is 5.86. The predicted octanol–water partition coefficient (Wildman–Crippen LogP) is 3.19. The summed E-state index contributed by atoms with van der Waals surface area (Å²) >= 11 is 0. The number of fused-ring (bicyclic) bond motifs is 1. The summed E-state index contributed by atoms with van der Waals surface area (Å²) in [6, 6.07) is 20.5. The fourth-order valence-electron chi connectivity index (χ4n) is 2.87. The first-order valence-corrected chi connectivity index (χ1v) is 8.24. The lowest BCUT2D eigenvalue weighted by atomic mass is 10.1. The number of carbonyl (C=O) groups excluding carboxylic acids is 1. The summed E-state index contributed by atoms with van der Waals surface area (Å²) in [6.45, 7) is 0. The Bertz CT molecular complexity index is 1110. The minimum absolute atomic E-state index is 0.102. The van der Waals surface area contributed by atoms with Crippen LogP contribution >= 0.6 is 0 Å². The number of nitrogens with zero attached hydrogens (tertiary/aromatic N) is 3. The Morgan fingerprint density at radius 3 is 2.44 bits per heavy atom. The van der Waals surface area contributed by atoms with Gasteiger partial charge >= 0.3 is 0 Å². The van der Waals surface area contributed by atoms with Gasteiger partial charge in [-0.05, 0) is 30.3 Å². The summed E-state index contributed by atoms with van der Waals surface area (Å²) in [5.74, 6) is 0.0781. The van der Waals surface area contributed by atoms with Crippen LogP contribution in [-0.4, -0.2) is 32.8 Å². The van der Waals surface area contributed by atoms with E-state index in [2.05, 4.69) is 10.1 Å². The molecule has 2 aromatic heterocycles. The van der Waals surface area contributed by atoms with Gasteiger partial charge in [0.2, 0.25) is 0 Å². The van der Waals surface area contributed by atoms with Crippen LogP contribution in [0.25, 0.3) is 28.2 Å². The van der Waals surface area contributed by atoms with Gasteiger partial charge in [-0.15, -0.1) is 0 Å². The number of amides is 1. The Labute approximate surface area is 154 Å². The quantitative estimate of drug-likeness (QED) is 0.431. The molecular formula is C20H16N4O3. The van der Waals surface area contributed by atoms with Crippen LogP contribution in [0.15, 0.2) is 66.7 Å². The van der Waals surface area contributed by atoms with Gasteiger partial charge in [-0.25, -0.2) is 15.0 Å². The predicted molar refractivity (Wildman–Crippen MR) is 99.7 cm³/mol. The molecule has 0 unspecified atom stereocenters. The Morgan fingerprint density at radius 1 is 1.04 bits per heavy atom. The van der Waals surface area contributed by atoms with Crippen molar-refractivity contribution in [2.45, 2.75) is 0 Å². The SMILES string of the molecule is COc1ccc(-c2cc3nc(C(=O)NO)cc(-c4ccccc4)n3n2)cc1. The van der Waals surface area contributed by atoms with E-state index >= 15 is 0 Å². The molecule has 0 aliphatic heterocycles. The van der Waals surface area contributed by atoms with Crippen molar-refractivity contribution in [3.8, 4) is 28.3 Å². The smallest absolute Gasteiger partial charge is 0.293 e. The van der Waals surface area contributed by atoms with E-state index in [0.29, 0.717) is 17.0 Å². The van der Waals surface area contributed by atoms with Gasteiger partial charge < -0.3 is 4.74 Å². The van der Waals surface area contributed by atoms with Gasteiger partial charge in [0.25, 0.3) is 5.91 Å². The van der Waals surface area contributed by atoms with Crippen LogP contribution in [0, 0.1) is 0 Å². The monoisotopic (exact) mass is 360 g/mol. The number of rotatable bonds is 4. The average Bonchev–Trinajstić information content (AvgIpc) is 3.17. The number of hydrogen-bond donors (Lipinski definition) is 2. The second kappa shape index (κ2) is 6.89. The maximum atomic E-state index is 11.9. The van der Waals surface area contributed by atoms with Gasteiger partial charge in [-0.2, -0.15) is 5.10 Å². The molecule has 4 rings (SSSR count). The molecule has 0 bridgehead atoms. The largest absolute Gasteiger partial charge is 0.497 e. The Hall–Kier alpha value is -3.71. The normalized spacial score (nSPS) is 10.7. The van der Waals surface area contributed by atoms with Crippen molar-refractivity contribution in [2.75, 3.05) is 7.11 Å². The fourth-order valence-corrected chi connectivity index (χ4v) is 2.87. The number of hydroxylamine groups is 1. The summed E-state index contributed by atoms with van der Waals surface area (Å²) < 4.78 is 6.87. The third-order valence-corrected chi connectivity index (χ3v) is 4.22. The van der Waals surface area contributed by atoms with Gasteiger partial charge in [0.05, 0.1) is 18.5 Å². The van der Waals surface area contributed by atoms with Crippen LogP contribution in [-0.2, 0) is 0 Å². The molecule has 134 valence electrons. The van der Waals surface area contributed by atoms with E-state index in [-0.39, 0.29) is 5.69 Å². The van der Waals surface area contributed by atoms with Gasteiger partial charge in [-0.3, -0.25) is 10.0 Å². The highest BCUT2D eigenvalue weighted by Crippen LogP contribution is 2.26. The number of carbonyl (C=O) groups is 1. The highest BCUT2D eigenvalue weighted by molar-refractivity contribution is 5.93. The molecule has 2 aromatic carbocycles. The Kier molecular flexibility index (Phi) is 4.27. The van der Waals surface area contributed by atoms with E-state index < -0.39 is 5.91 Å². The van der Waals surface area contributed by atoms with Crippen molar-refractivity contribution in [3.05, 3.63) is 72.4 Å². The molecule has 2 N–H and O–H groups in total. The highest BCUT2D eigenvalue weighted by Gasteiger charge is 2.15. The molecule has 0 aliphatic rings. The molecule has 7 heteroatoms. The highest BCUT2D eigenvalue weighted by atomic mass is 16.5. The van der Waals surface area contributed by atoms with Crippen LogP contribution in [0.1, 0.15) is 10.5 Å². The molecule has 0 spiro atoms. The summed E-state index contributed by atoms with van der Waals surface area (Å²) in [7, 11) is 1.61. The Balaban J connectivity index is 1.91. The Morgan fingerprint density at radius 2 is 1.78 bits per heavy atom. The molecule has 4 aromatic rings. The van der Waals surface area contributed by atoms with Crippen LogP contribution < -0.4 is 10.2 Å². The van der Waals surface area contributed by atoms with Crippen molar-refractivity contribution in [1.29, 1.82) is 0 Å². The van der Waals surface area contributed by atoms with Crippen LogP contribution in [0.4, 0.5) is 0 Å². The van der Waals surface area contributed by atoms with Gasteiger partial charge in [-0.1, -0.05) is 30.3 Å². The number of hydrogen-bond acceptors (Lipinski definition) is 5. The zero-order chi connectivity index (χ0) is 18.8. The third kappa shape index (κ3) is 3.11. The summed E-state index contributed by atoms with van der Waals surface area (Å²) in [5.41, 5.74) is 5.41. The van der Waals surface area contributed by atoms with Crippen molar-refractivity contribution < 1.29 is 14.7 Å². The van der Waals surface area contributed by atoms with E-state index in [1.807, 2.05) is 54.6 Å². The van der Waals surface area contributed by atoms with E-state index in [1.165, 1.54) is 0 Å². The minimum Gasteiger partial charge on any atom is -0.497 e. The minimum atomic E-state index is -0.679. The van der Waals surface area contributed by atoms with Crippen molar-refractivity contribution >= 4 is 11.6 Å². The van der Waals surface area contributed by atoms with E-state index in [1.54, 1.807) is 29.2 Å². The molecule has 0 saturated carbocycles. The van der Waals surface area contributed by atoms with Gasteiger partial charge in [0, 0.05) is 17.2 Å². The third-order valence-electron chi connectivity index (χ3n) is 4.22. The lowest BCUT2D eigenvalue weighted by Gasteiger charge is -2.07. The first-order valence-electron chi connectivity index (χ1n) is 8.24. The summed E-state index contributed by atoms with van der Waals surface area (Å²) in [6.07, 6.45) is 0. The van der Waals surface area contributed by atoms with Crippen LogP contribution in [0.3, 0.4) is 0 Å². The molecule has 27 heavy (non-hydrogen) atoms. The number of aromatic nitrogens is 3. The standard InChI is InChI=1S/C20H16N4O3/c1-27-15-9-7-13(8-10-15)16-12-19-21-17(20(25)23-26)11-18(24(19)22-16)14-5-3-2-4-6-14/h2-12,26H,1H3,(H,23,25). The van der Waals surface area contributed by atoms with Crippen LogP contribution in [0.2, 0.25) is 0 Å². The van der Waals surface area contributed by atoms with E-state index in [9.17, 15) is 4.79 Å². The molecule has 0 aliphatic carbocycles. The first-order chi connectivity index (χ1) is 13.2. The number of nitrogens with one attached hydrogen (secondary N) is 1. The van der Waals surface area contributed by atoms with E-state index in [4.69, 9.17) is 9.94 Å². The summed E-state index contributed by atoms with van der Waals surface area (Å²) in [5, 5.41) is 13.6. The molecular weight excluding hydrogens is 344 g/mol. The average molecular weight is 360 g/mol. The summed E-state index contributed by atoms with van der Waals surface area (Å²) in [4.78, 5) is 16.2. The number of methoxy groups -OCH3 is 1. The molecule has 0 radical (unpaired) electrons. The first kappa shape index (κ1) is 16.7. The van der Waals surface area contributed by atoms with Gasteiger partial charge in [0.15, 0.2) is 5.65 Å². The lowest BCUT2D eigenvalue weighted by Crippen LogP contribution is -2.20.